The van der Waals surface area contributed by atoms with Gasteiger partial charge in [-0.25, -0.2) is 0 Å². The summed E-state index contributed by atoms with van der Waals surface area (Å²) in [6.45, 7) is 2.98. The smallest absolute Gasteiger partial charge is 0.183 e. The summed E-state index contributed by atoms with van der Waals surface area (Å²) in [7, 11) is 3.26. The summed E-state index contributed by atoms with van der Waals surface area (Å²) in [6.07, 6.45) is 4.54. The molecular weight excluding hydrogens is 228 g/mol. The van der Waals surface area contributed by atoms with Crippen LogP contribution in [0.15, 0.2) is 24.3 Å². The van der Waals surface area contributed by atoms with Crippen molar-refractivity contribution in [2.24, 2.45) is 0 Å². The van der Waals surface area contributed by atoms with Gasteiger partial charge in [-0.05, 0) is 18.6 Å². The van der Waals surface area contributed by atoms with Gasteiger partial charge < -0.3 is 14.2 Å². The van der Waals surface area contributed by atoms with Gasteiger partial charge in [0.1, 0.15) is 5.75 Å². The van der Waals surface area contributed by atoms with Crippen molar-refractivity contribution in [3.05, 3.63) is 29.8 Å². The van der Waals surface area contributed by atoms with Gasteiger partial charge in [0.25, 0.3) is 0 Å². The molecular formula is C15H24O3. The minimum Gasteiger partial charge on any atom is -0.494 e. The average Bonchev–Trinajstić information content (AvgIpc) is 2.40. The number of hydrogen-bond acceptors (Lipinski definition) is 3. The van der Waals surface area contributed by atoms with Crippen molar-refractivity contribution in [3.63, 3.8) is 0 Å². The van der Waals surface area contributed by atoms with Gasteiger partial charge in [-0.1, -0.05) is 38.3 Å². The van der Waals surface area contributed by atoms with E-state index < -0.39 is 0 Å². The summed E-state index contributed by atoms with van der Waals surface area (Å²) in [5.41, 5.74) is 0.978. The van der Waals surface area contributed by atoms with Crippen LogP contribution in [0.2, 0.25) is 0 Å². The van der Waals surface area contributed by atoms with E-state index in [-0.39, 0.29) is 6.29 Å². The van der Waals surface area contributed by atoms with Crippen molar-refractivity contribution in [2.45, 2.75) is 38.9 Å². The predicted octanol–water partition coefficient (Wildman–Crippen LogP) is 3.94. The van der Waals surface area contributed by atoms with Crippen LogP contribution in [0.1, 0.15) is 44.5 Å². The highest BCUT2D eigenvalue weighted by Gasteiger charge is 2.09. The third-order valence-corrected chi connectivity index (χ3v) is 2.83. The van der Waals surface area contributed by atoms with Gasteiger partial charge >= 0.3 is 0 Å². The lowest BCUT2D eigenvalue weighted by molar-refractivity contribution is -0.106. The molecule has 3 heteroatoms. The van der Waals surface area contributed by atoms with E-state index in [0.29, 0.717) is 0 Å². The molecule has 0 heterocycles. The van der Waals surface area contributed by atoms with E-state index in [0.717, 1.165) is 24.3 Å². The second-order valence-electron chi connectivity index (χ2n) is 4.28. The molecule has 3 nitrogen and oxygen atoms in total. The second kappa shape index (κ2) is 8.95. The van der Waals surface area contributed by atoms with Crippen LogP contribution in [0.3, 0.4) is 0 Å². The zero-order chi connectivity index (χ0) is 13.2. The quantitative estimate of drug-likeness (QED) is 0.492. The number of rotatable bonds is 9. The third-order valence-electron chi connectivity index (χ3n) is 2.83. The lowest BCUT2D eigenvalue weighted by atomic mass is 10.2. The molecule has 18 heavy (non-hydrogen) atoms. The molecule has 0 amide bonds. The first-order chi connectivity index (χ1) is 8.81. The Balaban J connectivity index is 2.44. The normalized spacial score (nSPS) is 10.9. The molecule has 0 unspecified atom stereocenters. The summed E-state index contributed by atoms with van der Waals surface area (Å²) >= 11 is 0. The fraction of sp³-hybridized carbons (Fsp3) is 0.600. The average molecular weight is 252 g/mol. The summed E-state index contributed by atoms with van der Waals surface area (Å²) in [5, 5.41) is 0. The van der Waals surface area contributed by atoms with E-state index >= 15 is 0 Å². The van der Waals surface area contributed by atoms with Gasteiger partial charge in [-0.2, -0.15) is 0 Å². The first kappa shape index (κ1) is 15.0. The van der Waals surface area contributed by atoms with Gasteiger partial charge in [0.15, 0.2) is 6.29 Å². The van der Waals surface area contributed by atoms with Crippen molar-refractivity contribution in [3.8, 4) is 5.75 Å². The monoisotopic (exact) mass is 252 g/mol. The Kier molecular flexibility index (Phi) is 7.46. The Hall–Kier alpha value is -1.06. The molecule has 1 rings (SSSR count). The largest absolute Gasteiger partial charge is 0.494 e. The first-order valence-corrected chi connectivity index (χ1v) is 6.60. The van der Waals surface area contributed by atoms with Crippen molar-refractivity contribution in [1.29, 1.82) is 0 Å². The Morgan fingerprint density at radius 1 is 1.06 bits per heavy atom. The molecule has 0 radical (unpaired) electrons. The summed E-state index contributed by atoms with van der Waals surface area (Å²) in [5.74, 6) is 0.878. The number of ether oxygens (including phenoxy) is 3. The highest BCUT2D eigenvalue weighted by Crippen LogP contribution is 2.22. The second-order valence-corrected chi connectivity index (χ2v) is 4.28. The Morgan fingerprint density at radius 3 is 2.50 bits per heavy atom. The van der Waals surface area contributed by atoms with Gasteiger partial charge in [0.05, 0.1) is 6.61 Å². The lowest BCUT2D eigenvalue weighted by Gasteiger charge is -2.14. The van der Waals surface area contributed by atoms with Crippen LogP contribution in [0.4, 0.5) is 0 Å². The zero-order valence-electron chi connectivity index (χ0n) is 11.6. The molecule has 0 saturated carbocycles. The zero-order valence-corrected chi connectivity index (χ0v) is 11.6. The van der Waals surface area contributed by atoms with Crippen molar-refractivity contribution in [2.75, 3.05) is 20.8 Å². The topological polar surface area (TPSA) is 27.7 Å². The molecule has 0 aromatic heterocycles. The van der Waals surface area contributed by atoms with E-state index in [2.05, 4.69) is 6.92 Å². The van der Waals surface area contributed by atoms with Crippen molar-refractivity contribution >= 4 is 0 Å². The first-order valence-electron chi connectivity index (χ1n) is 6.60. The molecule has 102 valence electrons. The molecule has 0 aliphatic heterocycles. The van der Waals surface area contributed by atoms with Crippen LogP contribution >= 0.6 is 0 Å². The number of methoxy groups -OCH3 is 2. The molecule has 0 aliphatic rings. The van der Waals surface area contributed by atoms with E-state index in [1.165, 1.54) is 19.3 Å². The molecule has 0 N–H and O–H groups in total. The molecule has 0 aliphatic carbocycles. The molecule has 1 aromatic carbocycles. The van der Waals surface area contributed by atoms with Gasteiger partial charge in [-0.3, -0.25) is 0 Å². The van der Waals surface area contributed by atoms with E-state index in [1.807, 2.05) is 24.3 Å². The molecule has 1 aromatic rings. The maximum absolute atomic E-state index is 5.72. The van der Waals surface area contributed by atoms with Crippen LogP contribution in [-0.4, -0.2) is 20.8 Å². The predicted molar refractivity (Wildman–Crippen MR) is 72.8 cm³/mol. The van der Waals surface area contributed by atoms with Crippen LogP contribution < -0.4 is 4.74 Å². The van der Waals surface area contributed by atoms with E-state index in [4.69, 9.17) is 14.2 Å². The van der Waals surface area contributed by atoms with E-state index in [1.54, 1.807) is 14.2 Å². The summed E-state index contributed by atoms with van der Waals surface area (Å²) < 4.78 is 16.2. The Morgan fingerprint density at radius 2 is 1.83 bits per heavy atom. The van der Waals surface area contributed by atoms with Crippen molar-refractivity contribution < 1.29 is 14.2 Å². The van der Waals surface area contributed by atoms with Crippen LogP contribution in [0.25, 0.3) is 0 Å². The van der Waals surface area contributed by atoms with Gasteiger partial charge in [-0.15, -0.1) is 0 Å². The fourth-order valence-corrected chi connectivity index (χ4v) is 1.84. The fourth-order valence-electron chi connectivity index (χ4n) is 1.84. The highest BCUT2D eigenvalue weighted by atomic mass is 16.7. The number of unbranched alkanes of at least 4 members (excludes halogenated alkanes) is 3. The maximum Gasteiger partial charge on any atom is 0.183 e. The molecule has 0 saturated heterocycles. The Labute approximate surface area is 110 Å². The third kappa shape index (κ3) is 5.07. The molecule has 0 bridgehead atoms. The van der Waals surface area contributed by atoms with Gasteiger partial charge in [0, 0.05) is 19.8 Å². The highest BCUT2D eigenvalue weighted by molar-refractivity contribution is 5.29. The summed E-state index contributed by atoms with van der Waals surface area (Å²) in [4.78, 5) is 0. The minimum absolute atomic E-state index is 0.325. The van der Waals surface area contributed by atoms with Crippen LogP contribution in [-0.2, 0) is 9.47 Å². The minimum atomic E-state index is -0.325. The lowest BCUT2D eigenvalue weighted by Crippen LogP contribution is -2.04. The van der Waals surface area contributed by atoms with Crippen molar-refractivity contribution in [1.82, 2.24) is 0 Å². The number of benzene rings is 1. The van der Waals surface area contributed by atoms with E-state index in [9.17, 15) is 0 Å². The Bertz CT molecular complexity index is 321. The van der Waals surface area contributed by atoms with Crippen LogP contribution in [0.5, 0.6) is 5.75 Å². The summed E-state index contributed by atoms with van der Waals surface area (Å²) in [6, 6.07) is 7.87. The SMILES string of the molecule is CCCCCCOc1cccc(C(OC)OC)c1. The number of hydrogen-bond donors (Lipinski definition) is 0. The molecule has 0 spiro atoms. The molecule has 0 fully saturated rings. The maximum atomic E-state index is 5.72. The van der Waals surface area contributed by atoms with Crippen LogP contribution in [0, 0.1) is 0 Å². The standard InChI is InChI=1S/C15H24O3/c1-4-5-6-7-11-18-14-10-8-9-13(12-14)15(16-2)17-3/h8-10,12,15H,4-7,11H2,1-3H3. The molecule has 0 atom stereocenters. The van der Waals surface area contributed by atoms with Gasteiger partial charge in [0.2, 0.25) is 0 Å².